The topological polar surface area (TPSA) is 30.5 Å². The van der Waals surface area contributed by atoms with Gasteiger partial charge in [-0.2, -0.15) is 0 Å². The molecule has 1 aliphatic heterocycles. The van der Waals surface area contributed by atoms with Crippen molar-refractivity contribution < 1.29 is 9.47 Å². The van der Waals surface area contributed by atoms with Crippen LogP contribution in [-0.2, 0) is 4.74 Å². The van der Waals surface area contributed by atoms with Crippen LogP contribution in [0.2, 0.25) is 0 Å². The van der Waals surface area contributed by atoms with E-state index in [0.29, 0.717) is 0 Å². The molecule has 0 bridgehead atoms. The number of hydrogen-bond acceptors (Lipinski definition) is 3. The molecule has 3 heteroatoms. The standard InChI is InChI=1S/C16H17NO2/c1-12-17-11-16(18-12)13-7-9-15(10-8-13)19-14-5-3-2-4-6-14/h2-10,12,16-17H,11H2,1H3. The normalized spacial score (nSPS) is 22.4. The highest BCUT2D eigenvalue weighted by Gasteiger charge is 2.22. The lowest BCUT2D eigenvalue weighted by Crippen LogP contribution is -2.17. The summed E-state index contributed by atoms with van der Waals surface area (Å²) in [4.78, 5) is 0. The van der Waals surface area contributed by atoms with E-state index in [9.17, 15) is 0 Å². The van der Waals surface area contributed by atoms with E-state index >= 15 is 0 Å². The summed E-state index contributed by atoms with van der Waals surface area (Å²) in [6.45, 7) is 2.88. The van der Waals surface area contributed by atoms with Crippen LogP contribution in [0.3, 0.4) is 0 Å². The Morgan fingerprint density at radius 1 is 1.00 bits per heavy atom. The van der Waals surface area contributed by atoms with Crippen molar-refractivity contribution in [3.8, 4) is 11.5 Å². The van der Waals surface area contributed by atoms with Gasteiger partial charge in [0, 0.05) is 6.54 Å². The number of para-hydroxylation sites is 1. The monoisotopic (exact) mass is 255 g/mol. The summed E-state index contributed by atoms with van der Waals surface area (Å²) >= 11 is 0. The lowest BCUT2D eigenvalue weighted by molar-refractivity contribution is 0.0529. The summed E-state index contributed by atoms with van der Waals surface area (Å²) < 4.78 is 11.5. The summed E-state index contributed by atoms with van der Waals surface area (Å²) in [6, 6.07) is 17.9. The van der Waals surface area contributed by atoms with E-state index in [-0.39, 0.29) is 12.3 Å². The number of hydrogen-bond donors (Lipinski definition) is 1. The molecule has 2 aromatic carbocycles. The lowest BCUT2D eigenvalue weighted by Gasteiger charge is -2.11. The molecule has 0 saturated carbocycles. The van der Waals surface area contributed by atoms with Crippen LogP contribution in [0.1, 0.15) is 18.6 Å². The molecule has 2 aromatic rings. The molecule has 0 aromatic heterocycles. The first-order valence-electron chi connectivity index (χ1n) is 6.53. The Bertz CT molecular complexity index is 524. The third-order valence-electron chi connectivity index (χ3n) is 3.19. The van der Waals surface area contributed by atoms with E-state index in [4.69, 9.17) is 9.47 Å². The van der Waals surface area contributed by atoms with E-state index in [1.54, 1.807) is 0 Å². The number of nitrogens with one attached hydrogen (secondary N) is 1. The fraction of sp³-hybridized carbons (Fsp3) is 0.250. The van der Waals surface area contributed by atoms with Gasteiger partial charge in [-0.05, 0) is 36.8 Å². The number of ether oxygens (including phenoxy) is 2. The van der Waals surface area contributed by atoms with Gasteiger partial charge in [-0.25, -0.2) is 0 Å². The smallest absolute Gasteiger partial charge is 0.127 e. The van der Waals surface area contributed by atoms with Crippen LogP contribution in [0, 0.1) is 0 Å². The molecule has 1 N–H and O–H groups in total. The van der Waals surface area contributed by atoms with Crippen molar-refractivity contribution in [3.05, 3.63) is 60.2 Å². The molecule has 0 spiro atoms. The van der Waals surface area contributed by atoms with Crippen LogP contribution in [0.4, 0.5) is 0 Å². The van der Waals surface area contributed by atoms with Crippen molar-refractivity contribution in [1.29, 1.82) is 0 Å². The fourth-order valence-electron chi connectivity index (χ4n) is 2.19. The summed E-state index contributed by atoms with van der Waals surface area (Å²) in [5.41, 5.74) is 1.18. The first-order valence-corrected chi connectivity index (χ1v) is 6.53. The molecule has 0 amide bonds. The molecule has 2 atom stereocenters. The average Bonchev–Trinajstić information content (AvgIpc) is 2.87. The van der Waals surface area contributed by atoms with Crippen LogP contribution in [0.15, 0.2) is 54.6 Å². The molecule has 3 nitrogen and oxygen atoms in total. The van der Waals surface area contributed by atoms with Gasteiger partial charge in [-0.3, -0.25) is 5.32 Å². The van der Waals surface area contributed by atoms with Gasteiger partial charge in [0.25, 0.3) is 0 Å². The van der Waals surface area contributed by atoms with Gasteiger partial charge in [-0.15, -0.1) is 0 Å². The minimum absolute atomic E-state index is 0.130. The highest BCUT2D eigenvalue weighted by molar-refractivity contribution is 5.33. The van der Waals surface area contributed by atoms with E-state index < -0.39 is 0 Å². The van der Waals surface area contributed by atoms with Gasteiger partial charge in [0.2, 0.25) is 0 Å². The van der Waals surface area contributed by atoms with Gasteiger partial charge >= 0.3 is 0 Å². The highest BCUT2D eigenvalue weighted by atomic mass is 16.5. The van der Waals surface area contributed by atoms with Crippen LogP contribution in [0.5, 0.6) is 11.5 Å². The Morgan fingerprint density at radius 2 is 1.68 bits per heavy atom. The zero-order valence-electron chi connectivity index (χ0n) is 10.9. The Labute approximate surface area is 113 Å². The van der Waals surface area contributed by atoms with Crippen molar-refractivity contribution in [3.63, 3.8) is 0 Å². The second kappa shape index (κ2) is 5.43. The predicted octanol–water partition coefficient (Wildman–Crippen LogP) is 3.49. The SMILES string of the molecule is CC1NCC(c2ccc(Oc3ccccc3)cc2)O1. The van der Waals surface area contributed by atoms with Crippen LogP contribution < -0.4 is 10.1 Å². The van der Waals surface area contributed by atoms with Gasteiger partial charge in [0.1, 0.15) is 17.7 Å². The third kappa shape index (κ3) is 2.95. The molecule has 0 aliphatic carbocycles. The van der Waals surface area contributed by atoms with E-state index in [1.807, 2.05) is 49.4 Å². The van der Waals surface area contributed by atoms with Crippen molar-refractivity contribution >= 4 is 0 Å². The summed E-state index contributed by atoms with van der Waals surface area (Å²) in [5.74, 6) is 1.69. The fourth-order valence-corrected chi connectivity index (χ4v) is 2.19. The Kier molecular flexibility index (Phi) is 3.49. The maximum atomic E-state index is 5.76. The second-order valence-electron chi connectivity index (χ2n) is 4.66. The minimum Gasteiger partial charge on any atom is -0.457 e. The van der Waals surface area contributed by atoms with Crippen LogP contribution >= 0.6 is 0 Å². The average molecular weight is 255 g/mol. The molecule has 3 rings (SSSR count). The molecule has 2 unspecified atom stereocenters. The van der Waals surface area contributed by atoms with Crippen molar-refractivity contribution in [2.75, 3.05) is 6.54 Å². The highest BCUT2D eigenvalue weighted by Crippen LogP contribution is 2.26. The van der Waals surface area contributed by atoms with E-state index in [1.165, 1.54) is 5.56 Å². The van der Waals surface area contributed by atoms with E-state index in [2.05, 4.69) is 17.4 Å². The van der Waals surface area contributed by atoms with Crippen LogP contribution in [0.25, 0.3) is 0 Å². The largest absolute Gasteiger partial charge is 0.457 e. The zero-order chi connectivity index (χ0) is 13.1. The summed E-state index contributed by atoms with van der Waals surface area (Å²) in [7, 11) is 0. The first-order chi connectivity index (χ1) is 9.31. The van der Waals surface area contributed by atoms with Crippen molar-refractivity contribution in [2.45, 2.75) is 19.3 Å². The summed E-state index contributed by atoms with van der Waals surface area (Å²) in [6.07, 6.45) is 0.269. The zero-order valence-corrected chi connectivity index (χ0v) is 10.9. The maximum Gasteiger partial charge on any atom is 0.127 e. The third-order valence-corrected chi connectivity index (χ3v) is 3.19. The molecule has 98 valence electrons. The Hall–Kier alpha value is -1.84. The predicted molar refractivity (Wildman–Crippen MR) is 74.2 cm³/mol. The Balaban J connectivity index is 1.69. The van der Waals surface area contributed by atoms with Gasteiger partial charge < -0.3 is 9.47 Å². The molecule has 1 fully saturated rings. The molecule has 0 radical (unpaired) electrons. The first kappa shape index (κ1) is 12.2. The molecule has 1 heterocycles. The summed E-state index contributed by atoms with van der Waals surface area (Å²) in [5, 5.41) is 3.27. The van der Waals surface area contributed by atoms with Crippen molar-refractivity contribution in [2.24, 2.45) is 0 Å². The number of rotatable bonds is 3. The number of benzene rings is 2. The van der Waals surface area contributed by atoms with Gasteiger partial charge in [0.15, 0.2) is 0 Å². The Morgan fingerprint density at radius 3 is 2.32 bits per heavy atom. The molecule has 1 aliphatic rings. The molecular weight excluding hydrogens is 238 g/mol. The minimum atomic E-state index is 0.130. The molecule has 1 saturated heterocycles. The quantitative estimate of drug-likeness (QED) is 0.910. The van der Waals surface area contributed by atoms with Crippen molar-refractivity contribution in [1.82, 2.24) is 5.32 Å². The lowest BCUT2D eigenvalue weighted by atomic mass is 10.1. The van der Waals surface area contributed by atoms with Crippen LogP contribution in [-0.4, -0.2) is 12.8 Å². The maximum absolute atomic E-state index is 5.76. The molecular formula is C16H17NO2. The van der Waals surface area contributed by atoms with E-state index in [0.717, 1.165) is 18.0 Å². The second-order valence-corrected chi connectivity index (χ2v) is 4.66. The molecule has 19 heavy (non-hydrogen) atoms. The van der Waals surface area contributed by atoms with Gasteiger partial charge in [-0.1, -0.05) is 30.3 Å². The van der Waals surface area contributed by atoms with Gasteiger partial charge in [0.05, 0.1) is 6.10 Å².